The number of rotatable bonds is 6. The van der Waals surface area contributed by atoms with Gasteiger partial charge in [0.05, 0.1) is 14.2 Å². The van der Waals surface area contributed by atoms with Crippen LogP contribution >= 0.6 is 0 Å². The number of likely N-dealkylation sites (tertiary alicyclic amines) is 1. The molecule has 1 heterocycles. The van der Waals surface area contributed by atoms with Crippen molar-refractivity contribution in [1.29, 1.82) is 0 Å². The lowest BCUT2D eigenvalue weighted by Gasteiger charge is -2.22. The predicted octanol–water partition coefficient (Wildman–Crippen LogP) is 2.45. The summed E-state index contributed by atoms with van der Waals surface area (Å²) in [6.45, 7) is 7.49. The summed E-state index contributed by atoms with van der Waals surface area (Å²) in [6.07, 6.45) is 2.42. The van der Waals surface area contributed by atoms with Crippen molar-refractivity contribution in [2.24, 2.45) is 5.92 Å². The molecular formula is C19H28N2O3. The largest absolute Gasteiger partial charge is 0.493 e. The van der Waals surface area contributed by atoms with Gasteiger partial charge in [0.25, 0.3) is 5.91 Å². The Labute approximate surface area is 144 Å². The summed E-state index contributed by atoms with van der Waals surface area (Å²) in [4.78, 5) is 17.1. The molecule has 0 spiro atoms. The molecule has 0 bridgehead atoms. The van der Waals surface area contributed by atoms with Gasteiger partial charge < -0.3 is 19.3 Å². The number of hydrogen-bond donors (Lipinski definition) is 0. The molecule has 24 heavy (non-hydrogen) atoms. The van der Waals surface area contributed by atoms with Gasteiger partial charge in [-0.25, -0.2) is 0 Å². The van der Waals surface area contributed by atoms with Gasteiger partial charge in [0.15, 0.2) is 11.5 Å². The summed E-state index contributed by atoms with van der Waals surface area (Å²) in [7, 11) is 7.32. The van der Waals surface area contributed by atoms with Crippen LogP contribution in [0.4, 0.5) is 0 Å². The minimum atomic E-state index is 0.0393. The maximum atomic E-state index is 13.0. The molecule has 1 fully saturated rings. The molecule has 5 heteroatoms. The standard InChI is InChI=1S/C19H28N2O3/c1-7-8-14-9-15(10-17(23-5)18(14)24-6)19(22)21-11-13(2)16(12-21)20(3)4/h7,9-10,13,16H,1,8,11-12H2,2-6H3/t13-,16+/m1/s1. The van der Waals surface area contributed by atoms with Crippen LogP contribution in [-0.4, -0.2) is 63.2 Å². The fourth-order valence-corrected chi connectivity index (χ4v) is 3.44. The molecule has 0 unspecified atom stereocenters. The second-order valence-corrected chi connectivity index (χ2v) is 6.58. The summed E-state index contributed by atoms with van der Waals surface area (Å²) in [5, 5.41) is 0. The van der Waals surface area contributed by atoms with E-state index in [2.05, 4.69) is 32.5 Å². The smallest absolute Gasteiger partial charge is 0.254 e. The molecule has 1 amide bonds. The van der Waals surface area contributed by atoms with Gasteiger partial charge in [0, 0.05) is 30.3 Å². The first-order valence-electron chi connectivity index (χ1n) is 8.24. The SMILES string of the molecule is C=CCc1cc(C(=O)N2C[C@@H](C)[C@@H](N(C)C)C2)cc(OC)c1OC. The lowest BCUT2D eigenvalue weighted by Crippen LogP contribution is -2.35. The normalized spacial score (nSPS) is 20.3. The Morgan fingerprint density at radius 3 is 2.54 bits per heavy atom. The van der Waals surface area contributed by atoms with Crippen molar-refractivity contribution in [1.82, 2.24) is 9.80 Å². The van der Waals surface area contributed by atoms with Crippen molar-refractivity contribution in [3.05, 3.63) is 35.9 Å². The zero-order chi connectivity index (χ0) is 17.9. The van der Waals surface area contributed by atoms with Crippen LogP contribution in [0.3, 0.4) is 0 Å². The fourth-order valence-electron chi connectivity index (χ4n) is 3.44. The third-order valence-corrected chi connectivity index (χ3v) is 4.69. The Balaban J connectivity index is 2.33. The zero-order valence-electron chi connectivity index (χ0n) is 15.3. The lowest BCUT2D eigenvalue weighted by atomic mass is 10.0. The van der Waals surface area contributed by atoms with Gasteiger partial charge in [0.1, 0.15) is 0 Å². The second-order valence-electron chi connectivity index (χ2n) is 6.58. The second kappa shape index (κ2) is 7.71. The first-order chi connectivity index (χ1) is 11.4. The van der Waals surface area contributed by atoms with E-state index < -0.39 is 0 Å². The first kappa shape index (κ1) is 18.3. The van der Waals surface area contributed by atoms with E-state index in [-0.39, 0.29) is 5.91 Å². The highest BCUT2D eigenvalue weighted by molar-refractivity contribution is 5.95. The minimum Gasteiger partial charge on any atom is -0.493 e. The van der Waals surface area contributed by atoms with Crippen LogP contribution in [0.1, 0.15) is 22.8 Å². The quantitative estimate of drug-likeness (QED) is 0.751. The summed E-state index contributed by atoms with van der Waals surface area (Å²) in [5.74, 6) is 1.74. The molecule has 0 N–H and O–H groups in total. The van der Waals surface area contributed by atoms with Gasteiger partial charge in [-0.15, -0.1) is 6.58 Å². The van der Waals surface area contributed by atoms with Crippen LogP contribution in [0.2, 0.25) is 0 Å². The molecule has 0 radical (unpaired) electrons. The molecule has 0 saturated carbocycles. The number of methoxy groups -OCH3 is 2. The third kappa shape index (κ3) is 3.56. The number of allylic oxidation sites excluding steroid dienone is 1. The number of nitrogens with zero attached hydrogens (tertiary/aromatic N) is 2. The first-order valence-corrected chi connectivity index (χ1v) is 8.24. The molecular weight excluding hydrogens is 304 g/mol. The number of hydrogen-bond acceptors (Lipinski definition) is 4. The van der Waals surface area contributed by atoms with Gasteiger partial charge in [-0.3, -0.25) is 4.79 Å². The Bertz CT molecular complexity index is 613. The Hall–Kier alpha value is -2.01. The van der Waals surface area contributed by atoms with Crippen molar-refractivity contribution < 1.29 is 14.3 Å². The van der Waals surface area contributed by atoms with Crippen LogP contribution in [0, 0.1) is 5.92 Å². The van der Waals surface area contributed by atoms with Gasteiger partial charge in [-0.1, -0.05) is 13.0 Å². The fraction of sp³-hybridized carbons (Fsp3) is 0.526. The highest BCUT2D eigenvalue weighted by Gasteiger charge is 2.34. The summed E-state index contributed by atoms with van der Waals surface area (Å²) >= 11 is 0. The minimum absolute atomic E-state index is 0.0393. The Kier molecular flexibility index (Phi) is 5.89. The monoisotopic (exact) mass is 332 g/mol. The van der Waals surface area contributed by atoms with E-state index in [4.69, 9.17) is 9.47 Å². The van der Waals surface area contributed by atoms with Crippen molar-refractivity contribution in [2.45, 2.75) is 19.4 Å². The third-order valence-electron chi connectivity index (χ3n) is 4.69. The van der Waals surface area contributed by atoms with Crippen LogP contribution in [-0.2, 0) is 6.42 Å². The highest BCUT2D eigenvalue weighted by Crippen LogP contribution is 2.34. The lowest BCUT2D eigenvalue weighted by molar-refractivity contribution is 0.0781. The van der Waals surface area contributed by atoms with Gasteiger partial charge in [-0.2, -0.15) is 0 Å². The molecule has 5 nitrogen and oxygen atoms in total. The van der Waals surface area contributed by atoms with E-state index in [1.54, 1.807) is 26.4 Å². The maximum absolute atomic E-state index is 13.0. The molecule has 2 atom stereocenters. The number of carbonyl (C=O) groups excluding carboxylic acids is 1. The van der Waals surface area contributed by atoms with E-state index in [1.807, 2.05) is 11.0 Å². The Morgan fingerprint density at radius 1 is 1.33 bits per heavy atom. The van der Waals surface area contributed by atoms with Gasteiger partial charge in [-0.05, 0) is 38.6 Å². The van der Waals surface area contributed by atoms with Crippen LogP contribution in [0.25, 0.3) is 0 Å². The van der Waals surface area contributed by atoms with Crippen molar-refractivity contribution in [3.63, 3.8) is 0 Å². The number of ether oxygens (including phenoxy) is 2. The van der Waals surface area contributed by atoms with Crippen molar-refractivity contribution in [2.75, 3.05) is 41.4 Å². The predicted molar refractivity (Wildman–Crippen MR) is 96.0 cm³/mol. The van der Waals surface area contributed by atoms with E-state index in [0.29, 0.717) is 35.4 Å². The van der Waals surface area contributed by atoms with Crippen molar-refractivity contribution >= 4 is 5.91 Å². The maximum Gasteiger partial charge on any atom is 0.254 e. The van der Waals surface area contributed by atoms with E-state index in [0.717, 1.165) is 18.7 Å². The van der Waals surface area contributed by atoms with E-state index in [1.165, 1.54) is 0 Å². The van der Waals surface area contributed by atoms with E-state index >= 15 is 0 Å². The average Bonchev–Trinajstić information content (AvgIpc) is 2.95. The molecule has 0 aliphatic carbocycles. The highest BCUT2D eigenvalue weighted by atomic mass is 16.5. The summed E-state index contributed by atoms with van der Waals surface area (Å²) in [5.41, 5.74) is 1.54. The number of likely N-dealkylation sites (N-methyl/N-ethyl adjacent to an activating group) is 1. The van der Waals surface area contributed by atoms with Gasteiger partial charge >= 0.3 is 0 Å². The van der Waals surface area contributed by atoms with Crippen LogP contribution in [0.5, 0.6) is 11.5 Å². The summed E-state index contributed by atoms with van der Waals surface area (Å²) in [6, 6.07) is 4.04. The van der Waals surface area contributed by atoms with Crippen LogP contribution < -0.4 is 9.47 Å². The molecule has 1 aromatic rings. The molecule has 1 aliphatic rings. The molecule has 0 aromatic heterocycles. The summed E-state index contributed by atoms with van der Waals surface area (Å²) < 4.78 is 10.9. The number of carbonyl (C=O) groups is 1. The van der Waals surface area contributed by atoms with Crippen molar-refractivity contribution in [3.8, 4) is 11.5 Å². The molecule has 132 valence electrons. The molecule has 1 saturated heterocycles. The van der Waals surface area contributed by atoms with E-state index in [9.17, 15) is 4.79 Å². The number of amides is 1. The van der Waals surface area contributed by atoms with Crippen LogP contribution in [0.15, 0.2) is 24.8 Å². The molecule has 1 aliphatic heterocycles. The molecule has 2 rings (SSSR count). The Morgan fingerprint density at radius 2 is 2.04 bits per heavy atom. The zero-order valence-corrected chi connectivity index (χ0v) is 15.3. The van der Waals surface area contributed by atoms with Gasteiger partial charge in [0.2, 0.25) is 0 Å². The topological polar surface area (TPSA) is 42.0 Å². The molecule has 1 aromatic carbocycles. The number of benzene rings is 1. The average molecular weight is 332 g/mol.